The van der Waals surface area contributed by atoms with Crippen LogP contribution in [0.5, 0.6) is 0 Å². The highest BCUT2D eigenvalue weighted by atomic mass is 19.1. The molecule has 0 spiro atoms. The van der Waals surface area contributed by atoms with E-state index in [9.17, 15) is 9.18 Å². The Bertz CT molecular complexity index is 932. The van der Waals surface area contributed by atoms with Gasteiger partial charge in [0, 0.05) is 11.5 Å². The molecule has 5 nitrogen and oxygen atoms in total. The van der Waals surface area contributed by atoms with Crippen molar-refractivity contribution in [2.24, 2.45) is 34.2 Å². The molecular formula is C21H21FN4O. The molecule has 0 heterocycles. The van der Waals surface area contributed by atoms with Crippen LogP contribution in [-0.4, -0.2) is 11.9 Å². The SMILES string of the molecule is CC1C2C=CC(C(=O)N=C(N)N)=CC1C(c1ccc(F)c(C#N)c1)=CCC2. The lowest BCUT2D eigenvalue weighted by atomic mass is 9.78. The second-order valence-corrected chi connectivity index (χ2v) is 6.91. The molecule has 4 N–H and O–H groups in total. The van der Waals surface area contributed by atoms with Gasteiger partial charge in [0.1, 0.15) is 11.9 Å². The second kappa shape index (κ2) is 7.58. The number of carbonyl (C=O) groups excluding carboxylic acids is 1. The summed E-state index contributed by atoms with van der Waals surface area (Å²) in [7, 11) is 0. The third-order valence-corrected chi connectivity index (χ3v) is 5.25. The highest BCUT2D eigenvalue weighted by Crippen LogP contribution is 2.42. The number of halogens is 1. The molecule has 1 aromatic carbocycles. The molecule has 2 bridgehead atoms. The highest BCUT2D eigenvalue weighted by Gasteiger charge is 2.31. The first kappa shape index (κ1) is 18.6. The van der Waals surface area contributed by atoms with Gasteiger partial charge in [-0.25, -0.2) is 4.39 Å². The zero-order valence-electron chi connectivity index (χ0n) is 15.0. The average Bonchev–Trinajstić information content (AvgIpc) is 2.89. The molecule has 27 heavy (non-hydrogen) atoms. The number of carbonyl (C=O) groups is 1. The fourth-order valence-electron chi connectivity index (χ4n) is 3.79. The van der Waals surface area contributed by atoms with Crippen molar-refractivity contribution in [1.82, 2.24) is 0 Å². The van der Waals surface area contributed by atoms with Gasteiger partial charge in [0.2, 0.25) is 0 Å². The molecule has 138 valence electrons. The number of hydrogen-bond donors (Lipinski definition) is 2. The van der Waals surface area contributed by atoms with Gasteiger partial charge < -0.3 is 11.5 Å². The first-order valence-corrected chi connectivity index (χ1v) is 8.84. The van der Waals surface area contributed by atoms with Crippen molar-refractivity contribution in [2.75, 3.05) is 0 Å². The van der Waals surface area contributed by atoms with Crippen LogP contribution in [0.15, 0.2) is 53.1 Å². The first-order valence-electron chi connectivity index (χ1n) is 8.84. The van der Waals surface area contributed by atoms with Crippen molar-refractivity contribution < 1.29 is 9.18 Å². The maximum absolute atomic E-state index is 13.8. The first-order chi connectivity index (χ1) is 12.9. The molecule has 2 aliphatic carbocycles. The molecule has 2 aliphatic rings. The van der Waals surface area contributed by atoms with Crippen molar-refractivity contribution in [2.45, 2.75) is 19.8 Å². The zero-order chi connectivity index (χ0) is 19.6. The monoisotopic (exact) mass is 364 g/mol. The number of nitriles is 1. The summed E-state index contributed by atoms with van der Waals surface area (Å²) in [5.74, 6) is -0.850. The van der Waals surface area contributed by atoms with Crippen LogP contribution in [0.25, 0.3) is 5.57 Å². The summed E-state index contributed by atoms with van der Waals surface area (Å²) in [4.78, 5) is 16.0. The van der Waals surface area contributed by atoms with Gasteiger partial charge in [-0.05, 0) is 47.9 Å². The van der Waals surface area contributed by atoms with Crippen LogP contribution in [0.4, 0.5) is 4.39 Å². The number of guanidine groups is 1. The van der Waals surface area contributed by atoms with Gasteiger partial charge in [-0.15, -0.1) is 0 Å². The Morgan fingerprint density at radius 1 is 1.37 bits per heavy atom. The summed E-state index contributed by atoms with van der Waals surface area (Å²) >= 11 is 0. The second-order valence-electron chi connectivity index (χ2n) is 6.91. The summed E-state index contributed by atoms with van der Waals surface area (Å²) in [6.45, 7) is 2.14. The number of aliphatic imine (C=N–C) groups is 1. The van der Waals surface area contributed by atoms with E-state index in [2.05, 4.69) is 18.0 Å². The molecule has 0 saturated carbocycles. The molecule has 0 aliphatic heterocycles. The van der Waals surface area contributed by atoms with Crippen molar-refractivity contribution >= 4 is 17.4 Å². The van der Waals surface area contributed by atoms with E-state index in [1.165, 1.54) is 6.07 Å². The van der Waals surface area contributed by atoms with Crippen molar-refractivity contribution in [3.63, 3.8) is 0 Å². The van der Waals surface area contributed by atoms with Crippen LogP contribution >= 0.6 is 0 Å². The quantitative estimate of drug-likeness (QED) is 0.621. The fourth-order valence-corrected chi connectivity index (χ4v) is 3.79. The molecule has 0 aromatic heterocycles. The van der Waals surface area contributed by atoms with Gasteiger partial charge in [0.05, 0.1) is 5.56 Å². The number of nitrogens with two attached hydrogens (primary N) is 2. The summed E-state index contributed by atoms with van der Waals surface area (Å²) < 4.78 is 13.8. The minimum absolute atomic E-state index is 0.00869. The third-order valence-electron chi connectivity index (χ3n) is 5.25. The van der Waals surface area contributed by atoms with Crippen LogP contribution in [0, 0.1) is 34.9 Å². The Morgan fingerprint density at radius 2 is 2.15 bits per heavy atom. The van der Waals surface area contributed by atoms with E-state index >= 15 is 0 Å². The van der Waals surface area contributed by atoms with Gasteiger partial charge in [-0.2, -0.15) is 10.3 Å². The number of hydrogen-bond acceptors (Lipinski definition) is 2. The van der Waals surface area contributed by atoms with Crippen LogP contribution in [0.3, 0.4) is 0 Å². The van der Waals surface area contributed by atoms with Gasteiger partial charge in [-0.3, -0.25) is 4.79 Å². The minimum atomic E-state index is -0.539. The summed E-state index contributed by atoms with van der Waals surface area (Å²) in [6, 6.07) is 6.45. The Kier molecular flexibility index (Phi) is 5.22. The Hall–Kier alpha value is -3.20. The van der Waals surface area contributed by atoms with E-state index in [0.717, 1.165) is 24.0 Å². The Labute approximate surface area is 157 Å². The van der Waals surface area contributed by atoms with Crippen LogP contribution < -0.4 is 11.5 Å². The smallest absolute Gasteiger partial charge is 0.279 e. The topological polar surface area (TPSA) is 105 Å². The predicted octanol–water partition coefficient (Wildman–Crippen LogP) is 3.04. The standard InChI is InChI=1S/C21H21FN4O/c1-12-13-3-2-4-17(14-7-8-19(22)16(9-14)11-23)18(12)10-15(6-5-13)20(27)26-21(24)25/h4-10,12-13,18H,2-3H2,1H3,(H4,24,25,26,27). The summed E-state index contributed by atoms with van der Waals surface area (Å²) in [6.07, 6.45) is 9.64. The van der Waals surface area contributed by atoms with Gasteiger partial charge in [0.15, 0.2) is 5.96 Å². The van der Waals surface area contributed by atoms with Crippen LogP contribution in [0.1, 0.15) is 30.9 Å². The Morgan fingerprint density at radius 3 is 2.85 bits per heavy atom. The van der Waals surface area contributed by atoms with E-state index < -0.39 is 11.7 Å². The van der Waals surface area contributed by atoms with Crippen LogP contribution in [0.2, 0.25) is 0 Å². The van der Waals surface area contributed by atoms with E-state index in [4.69, 9.17) is 16.7 Å². The molecule has 3 rings (SSSR count). The minimum Gasteiger partial charge on any atom is -0.370 e. The van der Waals surface area contributed by atoms with E-state index in [-0.39, 0.29) is 23.4 Å². The third kappa shape index (κ3) is 3.82. The number of fused-ring (bicyclic) bond motifs is 2. The number of nitrogens with zero attached hydrogens (tertiary/aromatic N) is 2. The van der Waals surface area contributed by atoms with Gasteiger partial charge in [0.25, 0.3) is 5.91 Å². The predicted molar refractivity (Wildman–Crippen MR) is 103 cm³/mol. The van der Waals surface area contributed by atoms with Crippen molar-refractivity contribution in [1.29, 1.82) is 5.26 Å². The molecule has 0 fully saturated rings. The van der Waals surface area contributed by atoms with E-state index in [1.807, 2.05) is 18.2 Å². The molecule has 0 radical (unpaired) electrons. The lowest BCUT2D eigenvalue weighted by Gasteiger charge is -2.26. The maximum Gasteiger partial charge on any atom is 0.279 e. The molecule has 6 heteroatoms. The number of benzene rings is 1. The lowest BCUT2D eigenvalue weighted by Crippen LogP contribution is -2.24. The zero-order valence-corrected chi connectivity index (χ0v) is 15.0. The molecule has 3 atom stereocenters. The lowest BCUT2D eigenvalue weighted by molar-refractivity contribution is -0.114. The molecule has 3 unspecified atom stereocenters. The van der Waals surface area contributed by atoms with Crippen molar-refractivity contribution in [3.05, 3.63) is 65.0 Å². The molecule has 1 amide bonds. The summed E-state index contributed by atoms with van der Waals surface area (Å²) in [5.41, 5.74) is 12.9. The number of allylic oxidation sites excluding steroid dienone is 4. The molecule has 0 saturated heterocycles. The number of rotatable bonds is 2. The highest BCUT2D eigenvalue weighted by molar-refractivity contribution is 6.03. The molecule has 1 aromatic rings. The van der Waals surface area contributed by atoms with Gasteiger partial charge in [-0.1, -0.05) is 37.3 Å². The fraction of sp³-hybridized carbons (Fsp3) is 0.286. The Balaban J connectivity index is 2.08. The molecular weight excluding hydrogens is 343 g/mol. The maximum atomic E-state index is 13.8. The average molecular weight is 364 g/mol. The van der Waals surface area contributed by atoms with E-state index in [1.54, 1.807) is 18.2 Å². The largest absolute Gasteiger partial charge is 0.370 e. The van der Waals surface area contributed by atoms with Gasteiger partial charge >= 0.3 is 0 Å². The number of amides is 1. The normalized spacial score (nSPS) is 24.0. The van der Waals surface area contributed by atoms with Crippen LogP contribution in [-0.2, 0) is 4.79 Å². The van der Waals surface area contributed by atoms with E-state index in [0.29, 0.717) is 11.5 Å². The summed E-state index contributed by atoms with van der Waals surface area (Å²) in [5, 5.41) is 9.15. The van der Waals surface area contributed by atoms with Crippen molar-refractivity contribution in [3.8, 4) is 6.07 Å².